The molecule has 0 aliphatic carbocycles. The molecule has 53 heteroatoms. The Balaban J connectivity index is 7.68. The Kier molecular flexibility index (Phi) is 55.4. The molecule has 0 aromatic heterocycles. The van der Waals surface area contributed by atoms with E-state index in [0.29, 0.717) is 0 Å². The second kappa shape index (κ2) is 60.9. The lowest BCUT2D eigenvalue weighted by molar-refractivity contribution is -0.142. The molecule has 38 N–H and O–H groups in total. The van der Waals surface area contributed by atoms with E-state index >= 15 is 0 Å². The Morgan fingerprint density at radius 2 is 0.732 bits per heavy atom. The van der Waals surface area contributed by atoms with Gasteiger partial charge in [0.1, 0.15) is 78.5 Å². The fraction of sp³-hybridized carbons (Fsp3) is 0.716. The summed E-state index contributed by atoms with van der Waals surface area (Å²) in [5, 5.41) is 72.0. The third-order valence-electron chi connectivity index (χ3n) is 19.0. The summed E-state index contributed by atoms with van der Waals surface area (Å²) in [7, 11) is -5.50. The van der Waals surface area contributed by atoms with Crippen molar-refractivity contribution in [1.82, 2.24) is 74.4 Å². The molecule has 16 amide bonds. The topological polar surface area (TPSA) is 899 Å². The summed E-state index contributed by atoms with van der Waals surface area (Å²) in [6.07, 6.45) is -5.85. The van der Waals surface area contributed by atoms with Gasteiger partial charge in [0.15, 0.2) is 11.9 Å². The predicted molar refractivity (Wildman–Crippen MR) is 454 cm³/mol. The van der Waals surface area contributed by atoms with Gasteiger partial charge in [-0.15, -0.1) is 0 Å². The number of hydrogen-bond acceptors (Lipinski definition) is 27. The number of aliphatic hydroxyl groups is 1. The summed E-state index contributed by atoms with van der Waals surface area (Å²) < 4.78 is 16.8. The molecule has 0 aliphatic rings. The molecular weight excluding hydrogens is 1700 g/mol. The molecule has 52 nitrogen and oxygen atoms in total. The molecule has 0 spiro atoms. The van der Waals surface area contributed by atoms with Crippen LogP contribution in [0.5, 0.6) is 0 Å². The highest BCUT2D eigenvalue weighted by molar-refractivity contribution is 7.46. The second-order valence-electron chi connectivity index (χ2n) is 31.2. The van der Waals surface area contributed by atoms with E-state index in [2.05, 4.69) is 88.9 Å². The number of nitrogens with zero attached hydrogens (tertiary/aromatic N) is 2. The molecule has 0 aromatic carbocycles. The standard InChI is InChI=1S/C74H134N25O27P/c1-9-39(8)58(71(120)97-51(35-126-127(123,124)125)69(118)98-57(38(6)7)70(119)94-41(18-14-28-84-73(80)81)60(109)86-33-54(103)87-49(72(121)122)31-37(4)5)99-66(115)46(21-24-53(79)102)91-62(111)43(17-11-13-27-76)88-63(112)44(19-15-29-85-74(82)83)90-61(110)42(16-10-12-26-75)89-65(114)47(22-25-55(104)105)92-64(113)45(20-23-52(78)101)93-67(116)48(32-56(106)107)95-68(117)50(34-100)96-59(108)40(77)30-36(2)3/h36-51,57-58,100H,9-35,75-77H2,1-8H3,(H2,78,101)(H2,79,102)(H,86,109)(H,87,103)(H,88,112)(H,89,114)(H,90,110)(H,91,111)(H,92,113)(H,93,116)(H,94,119)(H,95,117)(H,96,108)(H,97,120)(H,98,118)(H,99,115)(H,104,105)(H,106,107)(H,121,122)(H4,80,81,84)(H4,82,83,85)(H2,123,124,125)/t39-,40-,41-,42-,43-,44-,45-,46-,47-,48-,49-,50-,51-,57-,58-/m0/s1. The molecule has 0 saturated heterocycles. The average Bonchev–Trinajstić information content (AvgIpc) is 0.844. The van der Waals surface area contributed by atoms with Crippen molar-refractivity contribution < 1.29 is 130 Å². The number of phosphoric acid groups is 1. The highest BCUT2D eigenvalue weighted by atomic mass is 31.2. The molecule has 0 rings (SSSR count). The first-order chi connectivity index (χ1) is 59.3. The van der Waals surface area contributed by atoms with Crippen molar-refractivity contribution in [2.75, 3.05) is 45.9 Å². The zero-order chi connectivity index (χ0) is 97.1. The fourth-order valence-corrected chi connectivity index (χ4v) is 12.3. The number of hydrogen-bond donors (Lipinski definition) is 29. The van der Waals surface area contributed by atoms with E-state index in [1.807, 2.05) is 0 Å². The van der Waals surface area contributed by atoms with Crippen LogP contribution >= 0.6 is 7.82 Å². The second-order valence-corrected chi connectivity index (χ2v) is 32.5. The summed E-state index contributed by atoms with van der Waals surface area (Å²) in [4.78, 5) is 285. The number of carboxylic acid groups (broad SMARTS) is 3. The third-order valence-corrected chi connectivity index (χ3v) is 19.4. The van der Waals surface area contributed by atoms with Crippen molar-refractivity contribution in [3.8, 4) is 0 Å². The van der Waals surface area contributed by atoms with Gasteiger partial charge in [0.05, 0.1) is 32.2 Å². The van der Waals surface area contributed by atoms with Gasteiger partial charge in [0.2, 0.25) is 94.5 Å². The fourth-order valence-electron chi connectivity index (χ4n) is 11.9. The summed E-state index contributed by atoms with van der Waals surface area (Å²) in [6.45, 7) is 9.46. The van der Waals surface area contributed by atoms with Crippen LogP contribution in [0.2, 0.25) is 0 Å². The highest BCUT2D eigenvalue weighted by Gasteiger charge is 2.40. The minimum absolute atomic E-state index is 0.0291. The SMILES string of the molecule is CC[C@H](C)[C@H](NC(=O)[C@H](CCC(N)=O)NC(=O)[C@H](CCCCN)NC(=O)[C@H](CCCN=C(N)N)NC(=O)[C@H](CCCCN)NC(=O)[C@H](CCC(=O)O)NC(=O)[C@H](CCC(N)=O)NC(=O)[C@H](CC(=O)O)NC(=O)[C@H](CO)NC(=O)[C@@H](N)CC(C)C)C(=O)N[C@@H](COP(=O)(O)O)C(=O)N[C@H](C(=O)N[C@@H](CCCN=C(N)N)C(=O)NCC(=O)N[C@@H](CC(C)C)C(=O)O)C(C)C. The zero-order valence-corrected chi connectivity index (χ0v) is 73.7. The maximum absolute atomic E-state index is 14.8. The van der Waals surface area contributed by atoms with Gasteiger partial charge in [-0.05, 0) is 133 Å². The maximum atomic E-state index is 14.8. The van der Waals surface area contributed by atoms with Crippen LogP contribution in [0.4, 0.5) is 0 Å². The minimum Gasteiger partial charge on any atom is -0.481 e. The Labute approximate surface area is 733 Å². The molecule has 0 fully saturated rings. The molecule has 722 valence electrons. The van der Waals surface area contributed by atoms with Crippen LogP contribution in [0.25, 0.3) is 0 Å². The Hall–Kier alpha value is -11.6. The molecule has 0 bridgehead atoms. The van der Waals surface area contributed by atoms with Crippen LogP contribution in [0.3, 0.4) is 0 Å². The number of aliphatic hydroxyl groups excluding tert-OH is 1. The Morgan fingerprint density at radius 1 is 0.386 bits per heavy atom. The van der Waals surface area contributed by atoms with Crippen LogP contribution in [0, 0.1) is 23.7 Å². The van der Waals surface area contributed by atoms with Crippen LogP contribution in [0.1, 0.15) is 184 Å². The number of carbonyl (C=O) groups excluding carboxylic acids is 16. The first-order valence-electron chi connectivity index (χ1n) is 41.3. The largest absolute Gasteiger partial charge is 0.481 e. The highest BCUT2D eigenvalue weighted by Crippen LogP contribution is 2.35. The maximum Gasteiger partial charge on any atom is 0.469 e. The number of guanidine groups is 2. The number of phosphoric ester groups is 1. The summed E-state index contributed by atoms with van der Waals surface area (Å²) in [5.74, 6) is -25.7. The Bertz CT molecular complexity index is 3790. The zero-order valence-electron chi connectivity index (χ0n) is 72.8. The van der Waals surface area contributed by atoms with Crippen molar-refractivity contribution in [2.24, 2.45) is 85.3 Å². The molecule has 0 aliphatic heterocycles. The van der Waals surface area contributed by atoms with Gasteiger partial charge < -0.3 is 156 Å². The number of carbonyl (C=O) groups is 19. The number of carboxylic acids is 3. The number of amides is 16. The van der Waals surface area contributed by atoms with Gasteiger partial charge in [0.25, 0.3) is 0 Å². The van der Waals surface area contributed by atoms with Gasteiger partial charge >= 0.3 is 25.7 Å². The lowest BCUT2D eigenvalue weighted by Crippen LogP contribution is -2.62. The smallest absolute Gasteiger partial charge is 0.469 e. The summed E-state index contributed by atoms with van der Waals surface area (Å²) >= 11 is 0. The van der Waals surface area contributed by atoms with E-state index in [4.69, 9.17) is 51.6 Å². The van der Waals surface area contributed by atoms with E-state index in [1.54, 1.807) is 34.6 Å². The molecule has 0 radical (unpaired) electrons. The van der Waals surface area contributed by atoms with Crippen molar-refractivity contribution in [2.45, 2.75) is 268 Å². The van der Waals surface area contributed by atoms with Gasteiger partial charge in [-0.1, -0.05) is 61.8 Å². The summed E-state index contributed by atoms with van der Waals surface area (Å²) in [6, 6.07) is -24.2. The van der Waals surface area contributed by atoms with Gasteiger partial charge in [-0.25, -0.2) is 9.36 Å². The predicted octanol–water partition coefficient (Wildman–Crippen LogP) is -10.1. The lowest BCUT2D eigenvalue weighted by Gasteiger charge is -2.30. The van der Waals surface area contributed by atoms with E-state index in [-0.39, 0.29) is 127 Å². The number of nitrogens with two attached hydrogens (primary N) is 9. The number of aliphatic imine (C=N–C) groups is 2. The van der Waals surface area contributed by atoms with Crippen molar-refractivity contribution in [3.63, 3.8) is 0 Å². The van der Waals surface area contributed by atoms with E-state index in [1.165, 1.54) is 20.8 Å². The number of aliphatic carboxylic acids is 3. The van der Waals surface area contributed by atoms with Crippen LogP contribution in [0.15, 0.2) is 9.98 Å². The molecule has 0 aromatic rings. The summed E-state index contributed by atoms with van der Waals surface area (Å²) in [5.41, 5.74) is 50.5. The third kappa shape index (κ3) is 49.8. The van der Waals surface area contributed by atoms with E-state index < -0.39 is 287 Å². The number of unbranched alkanes of at least 4 members (excludes halogenated alkanes) is 2. The van der Waals surface area contributed by atoms with Crippen LogP contribution in [-0.2, 0) is 100 Å². The Morgan fingerprint density at radius 3 is 1.10 bits per heavy atom. The number of rotatable bonds is 67. The molecule has 0 unspecified atom stereocenters. The molecular formula is C74H134N25O27P. The molecule has 127 heavy (non-hydrogen) atoms. The van der Waals surface area contributed by atoms with Crippen molar-refractivity contribution in [1.29, 1.82) is 0 Å². The number of primary amides is 2. The van der Waals surface area contributed by atoms with Gasteiger partial charge in [-0.2, -0.15) is 0 Å². The molecule has 0 heterocycles. The monoisotopic (exact) mass is 1840 g/mol. The lowest BCUT2D eigenvalue weighted by atomic mass is 9.97. The minimum atomic E-state index is -5.50. The molecule has 15 atom stereocenters. The number of nitrogens with one attached hydrogen (secondary N) is 14. The first-order valence-corrected chi connectivity index (χ1v) is 42.9. The van der Waals surface area contributed by atoms with Crippen LogP contribution < -0.4 is 126 Å². The molecule has 0 saturated carbocycles. The van der Waals surface area contributed by atoms with Gasteiger partial charge in [-0.3, -0.25) is 101 Å². The van der Waals surface area contributed by atoms with E-state index in [9.17, 15) is 126 Å². The van der Waals surface area contributed by atoms with Crippen molar-refractivity contribution >= 4 is 132 Å². The van der Waals surface area contributed by atoms with Crippen LogP contribution in [-0.4, -0.2) is 285 Å². The van der Waals surface area contributed by atoms with Crippen molar-refractivity contribution in [3.05, 3.63) is 0 Å². The normalized spacial score (nSPS) is 14.8. The van der Waals surface area contributed by atoms with E-state index in [0.717, 1.165) is 0 Å². The quantitative estimate of drug-likeness (QED) is 0.0116. The first kappa shape index (κ1) is 115. The average molecular weight is 1840 g/mol. The van der Waals surface area contributed by atoms with Gasteiger partial charge in [0, 0.05) is 32.4 Å².